The minimum atomic E-state index is -2.98. The van der Waals surface area contributed by atoms with Crippen LogP contribution in [0.25, 0.3) is 0 Å². The summed E-state index contributed by atoms with van der Waals surface area (Å²) in [4.78, 5) is 0. The number of hydrogen-bond donors (Lipinski definition) is 1. The molecule has 0 aliphatic rings. The maximum absolute atomic E-state index is 10.9. The van der Waals surface area contributed by atoms with E-state index in [1.54, 1.807) is 18.2 Å². The van der Waals surface area contributed by atoms with Crippen LogP contribution in [0.3, 0.4) is 0 Å². The average molecular weight is 297 g/mol. The van der Waals surface area contributed by atoms with Crippen LogP contribution in [0, 0.1) is 0 Å². The third-order valence-corrected chi connectivity index (χ3v) is 4.09. The van der Waals surface area contributed by atoms with Gasteiger partial charge in [-0.15, -0.1) is 0 Å². The number of sulfone groups is 1. The van der Waals surface area contributed by atoms with Crippen LogP contribution >= 0.6 is 23.2 Å². The van der Waals surface area contributed by atoms with E-state index in [0.29, 0.717) is 28.5 Å². The van der Waals surface area contributed by atoms with Gasteiger partial charge >= 0.3 is 0 Å². The molecule has 6 heteroatoms. The van der Waals surface area contributed by atoms with Crippen LogP contribution in [-0.2, 0) is 9.84 Å². The third kappa shape index (κ3) is 5.25. The summed E-state index contributed by atoms with van der Waals surface area (Å²) in [6.45, 7) is 0. The van der Waals surface area contributed by atoms with Gasteiger partial charge in [-0.05, 0) is 30.5 Å². The minimum absolute atomic E-state index is 0.0748. The first kappa shape index (κ1) is 14.8. The normalized spacial score (nSPS) is 13.6. The van der Waals surface area contributed by atoms with E-state index in [4.69, 9.17) is 23.2 Å². The Labute approximate surface area is 111 Å². The van der Waals surface area contributed by atoms with Gasteiger partial charge in [0.15, 0.2) is 0 Å². The molecule has 1 N–H and O–H groups in total. The van der Waals surface area contributed by atoms with Crippen molar-refractivity contribution in [2.75, 3.05) is 12.0 Å². The average Bonchev–Trinajstić information content (AvgIpc) is 2.20. The van der Waals surface area contributed by atoms with Crippen molar-refractivity contribution in [3.63, 3.8) is 0 Å². The Kier molecular flexibility index (Phi) is 5.25. The standard InChI is InChI=1S/C11H14Cl2O3S/c1-17(15,16)6-2-3-11(14)8-4-5-9(12)10(13)7-8/h4-5,7,11,14H,2-3,6H2,1H3. The molecule has 0 heterocycles. The van der Waals surface area contributed by atoms with Crippen molar-refractivity contribution in [3.05, 3.63) is 33.8 Å². The Morgan fingerprint density at radius 3 is 2.47 bits per heavy atom. The maximum Gasteiger partial charge on any atom is 0.147 e. The molecule has 1 unspecified atom stereocenters. The molecule has 0 aliphatic carbocycles. The predicted octanol–water partition coefficient (Wildman–Crippen LogP) is 2.85. The number of hydrogen-bond acceptors (Lipinski definition) is 3. The fourth-order valence-electron chi connectivity index (χ4n) is 1.43. The maximum atomic E-state index is 10.9. The van der Waals surface area contributed by atoms with E-state index < -0.39 is 15.9 Å². The van der Waals surface area contributed by atoms with Gasteiger partial charge in [-0.2, -0.15) is 0 Å². The van der Waals surface area contributed by atoms with Crippen LogP contribution in [0.1, 0.15) is 24.5 Å². The van der Waals surface area contributed by atoms with Crippen LogP contribution < -0.4 is 0 Å². The molecule has 0 radical (unpaired) electrons. The Hall–Kier alpha value is -0.290. The summed E-state index contributed by atoms with van der Waals surface area (Å²) >= 11 is 11.6. The fraction of sp³-hybridized carbons (Fsp3) is 0.455. The molecular weight excluding hydrogens is 283 g/mol. The van der Waals surface area contributed by atoms with Crippen molar-refractivity contribution in [2.24, 2.45) is 0 Å². The Balaban J connectivity index is 2.58. The lowest BCUT2D eigenvalue weighted by molar-refractivity contribution is 0.166. The zero-order valence-electron chi connectivity index (χ0n) is 9.36. The zero-order chi connectivity index (χ0) is 13.1. The first-order valence-electron chi connectivity index (χ1n) is 5.10. The van der Waals surface area contributed by atoms with Crippen LogP contribution in [0.4, 0.5) is 0 Å². The summed E-state index contributed by atoms with van der Waals surface area (Å²) in [5.74, 6) is 0.0748. The van der Waals surface area contributed by atoms with Gasteiger partial charge in [0.05, 0.1) is 16.1 Å². The van der Waals surface area contributed by atoms with E-state index in [9.17, 15) is 13.5 Å². The molecule has 1 rings (SSSR count). The van der Waals surface area contributed by atoms with Crippen molar-refractivity contribution in [3.8, 4) is 0 Å². The Morgan fingerprint density at radius 1 is 1.29 bits per heavy atom. The molecule has 96 valence electrons. The smallest absolute Gasteiger partial charge is 0.147 e. The first-order chi connectivity index (χ1) is 7.79. The first-order valence-corrected chi connectivity index (χ1v) is 7.92. The van der Waals surface area contributed by atoms with E-state index in [-0.39, 0.29) is 5.75 Å². The van der Waals surface area contributed by atoms with Crippen molar-refractivity contribution in [2.45, 2.75) is 18.9 Å². The van der Waals surface area contributed by atoms with Crippen molar-refractivity contribution in [1.29, 1.82) is 0 Å². The molecule has 0 amide bonds. The summed E-state index contributed by atoms with van der Waals surface area (Å²) in [5, 5.41) is 10.6. The molecule has 1 aromatic carbocycles. The Morgan fingerprint density at radius 2 is 1.94 bits per heavy atom. The highest BCUT2D eigenvalue weighted by Crippen LogP contribution is 2.27. The fourth-order valence-corrected chi connectivity index (χ4v) is 2.42. The van der Waals surface area contributed by atoms with Gasteiger partial charge in [-0.1, -0.05) is 29.3 Å². The van der Waals surface area contributed by atoms with Crippen molar-refractivity contribution >= 4 is 33.0 Å². The highest BCUT2D eigenvalue weighted by molar-refractivity contribution is 7.90. The van der Waals surface area contributed by atoms with Crippen LogP contribution in [0.15, 0.2) is 18.2 Å². The van der Waals surface area contributed by atoms with Gasteiger partial charge in [0.2, 0.25) is 0 Å². The molecular formula is C11H14Cl2O3S. The van der Waals surface area contributed by atoms with E-state index in [1.165, 1.54) is 6.26 Å². The molecule has 3 nitrogen and oxygen atoms in total. The SMILES string of the molecule is CS(=O)(=O)CCCC(O)c1ccc(Cl)c(Cl)c1. The highest BCUT2D eigenvalue weighted by Gasteiger charge is 2.11. The lowest BCUT2D eigenvalue weighted by Crippen LogP contribution is -2.05. The van der Waals surface area contributed by atoms with Crippen molar-refractivity contribution in [1.82, 2.24) is 0 Å². The summed E-state index contributed by atoms with van der Waals surface area (Å²) in [6.07, 6.45) is 1.26. The molecule has 0 aliphatic heterocycles. The van der Waals surface area contributed by atoms with Crippen molar-refractivity contribution < 1.29 is 13.5 Å². The van der Waals surface area contributed by atoms with Crippen LogP contribution in [0.5, 0.6) is 0 Å². The van der Waals surface area contributed by atoms with Gasteiger partial charge < -0.3 is 5.11 Å². The highest BCUT2D eigenvalue weighted by atomic mass is 35.5. The second-order valence-electron chi connectivity index (χ2n) is 3.96. The number of aliphatic hydroxyl groups excluding tert-OH is 1. The van der Waals surface area contributed by atoms with E-state index in [0.717, 1.165) is 0 Å². The summed E-state index contributed by atoms with van der Waals surface area (Å²) in [7, 11) is -2.98. The second-order valence-corrected chi connectivity index (χ2v) is 7.04. The number of aliphatic hydroxyl groups is 1. The van der Waals surface area contributed by atoms with E-state index in [1.807, 2.05) is 0 Å². The van der Waals surface area contributed by atoms with Gasteiger partial charge in [0.25, 0.3) is 0 Å². The van der Waals surface area contributed by atoms with Gasteiger partial charge in [0, 0.05) is 12.0 Å². The minimum Gasteiger partial charge on any atom is -0.388 e. The zero-order valence-corrected chi connectivity index (χ0v) is 11.7. The largest absolute Gasteiger partial charge is 0.388 e. The molecule has 0 saturated heterocycles. The molecule has 1 aromatic rings. The van der Waals surface area contributed by atoms with Gasteiger partial charge in [-0.25, -0.2) is 8.42 Å². The predicted molar refractivity (Wildman–Crippen MR) is 70.4 cm³/mol. The van der Waals surface area contributed by atoms with E-state index >= 15 is 0 Å². The molecule has 0 bridgehead atoms. The van der Waals surface area contributed by atoms with Crippen LogP contribution in [-0.4, -0.2) is 25.5 Å². The lowest BCUT2D eigenvalue weighted by atomic mass is 10.1. The molecule has 0 spiro atoms. The summed E-state index contributed by atoms with van der Waals surface area (Å²) in [6, 6.07) is 4.88. The quantitative estimate of drug-likeness (QED) is 0.909. The topological polar surface area (TPSA) is 54.4 Å². The lowest BCUT2D eigenvalue weighted by Gasteiger charge is -2.11. The summed E-state index contributed by atoms with van der Waals surface area (Å²) in [5.41, 5.74) is 0.646. The van der Waals surface area contributed by atoms with Gasteiger partial charge in [0.1, 0.15) is 9.84 Å². The number of rotatable bonds is 5. The molecule has 0 fully saturated rings. The second kappa shape index (κ2) is 6.05. The number of benzene rings is 1. The molecule has 0 saturated carbocycles. The Bertz CT molecular complexity index is 485. The third-order valence-electron chi connectivity index (χ3n) is 2.32. The summed E-state index contributed by atoms with van der Waals surface area (Å²) < 4.78 is 21.9. The number of halogens is 2. The van der Waals surface area contributed by atoms with Gasteiger partial charge in [-0.3, -0.25) is 0 Å². The van der Waals surface area contributed by atoms with E-state index in [2.05, 4.69) is 0 Å². The van der Waals surface area contributed by atoms with Crippen LogP contribution in [0.2, 0.25) is 10.0 Å². The molecule has 17 heavy (non-hydrogen) atoms. The monoisotopic (exact) mass is 296 g/mol. The molecule has 1 atom stereocenters. The molecule has 0 aromatic heterocycles.